The Hall–Kier alpha value is -0.573. The third-order valence-corrected chi connectivity index (χ3v) is 5.05. The average molecular weight is 266 g/mol. The molecule has 0 aromatic rings. The summed E-state index contributed by atoms with van der Waals surface area (Å²) in [6.07, 6.45) is 6.40. The first kappa shape index (κ1) is 13.8. The van der Waals surface area contributed by atoms with Crippen LogP contribution in [-0.4, -0.2) is 14.1 Å². The molecule has 18 heavy (non-hydrogen) atoms. The highest BCUT2D eigenvalue weighted by Gasteiger charge is 2.36. The predicted molar refractivity (Wildman–Crippen MR) is 76.8 cm³/mol. The molecule has 0 aliphatic heterocycles. The molecule has 0 bridgehead atoms. The fourth-order valence-corrected chi connectivity index (χ4v) is 4.35. The molecule has 2 atom stereocenters. The Morgan fingerprint density at radius 2 is 1.78 bits per heavy atom. The van der Waals surface area contributed by atoms with Crippen molar-refractivity contribution in [3.63, 3.8) is 0 Å². The summed E-state index contributed by atoms with van der Waals surface area (Å²) in [5.41, 5.74) is 1.37. The Balaban J connectivity index is 2.09. The van der Waals surface area contributed by atoms with Crippen LogP contribution in [0.25, 0.3) is 0 Å². The molecule has 1 fully saturated rings. The number of allylic oxidation sites excluding steroid dienone is 2. The van der Waals surface area contributed by atoms with E-state index in [1.165, 1.54) is 17.8 Å². The number of hydrogen-bond acceptors (Lipinski definition) is 2. The molecule has 0 heterocycles. The molecule has 0 unspecified atom stereocenters. The Bertz CT molecular complexity index is 365. The Morgan fingerprint density at radius 1 is 1.06 bits per heavy atom. The monoisotopic (exact) mass is 266 g/mol. The van der Waals surface area contributed by atoms with Crippen molar-refractivity contribution < 1.29 is 9.22 Å². The molecular formula is C15H26O2Si. The first-order valence-electron chi connectivity index (χ1n) is 7.30. The summed E-state index contributed by atoms with van der Waals surface area (Å²) in [5.74, 6) is 2.48. The molecule has 0 aromatic carbocycles. The van der Waals surface area contributed by atoms with Crippen molar-refractivity contribution in [2.45, 2.75) is 65.1 Å². The second-order valence-electron chi connectivity index (χ2n) is 6.78. The summed E-state index contributed by atoms with van der Waals surface area (Å²) in [6, 6.07) is 0. The molecule has 102 valence electrons. The van der Waals surface area contributed by atoms with Gasteiger partial charge in [-0.2, -0.15) is 0 Å². The zero-order valence-corrected chi connectivity index (χ0v) is 13.2. The predicted octanol–water partition coefficient (Wildman–Crippen LogP) is 4.28. The van der Waals surface area contributed by atoms with Crippen LogP contribution >= 0.6 is 0 Å². The van der Waals surface area contributed by atoms with Gasteiger partial charge in [0.1, 0.15) is 5.78 Å². The molecule has 2 aliphatic rings. The van der Waals surface area contributed by atoms with Crippen molar-refractivity contribution in [3.8, 4) is 0 Å². The van der Waals surface area contributed by atoms with E-state index in [1.54, 1.807) is 0 Å². The maximum Gasteiger partial charge on any atom is 0.241 e. The molecule has 1 saturated carbocycles. The van der Waals surface area contributed by atoms with Gasteiger partial charge >= 0.3 is 0 Å². The number of carbonyl (C=O) groups is 1. The topological polar surface area (TPSA) is 26.3 Å². The summed E-state index contributed by atoms with van der Waals surface area (Å²) in [7, 11) is -1.50. The smallest absolute Gasteiger partial charge is 0.241 e. The fourth-order valence-electron chi connectivity index (χ4n) is 3.35. The molecule has 2 rings (SSSR count). The second-order valence-corrected chi connectivity index (χ2v) is 11.2. The van der Waals surface area contributed by atoms with E-state index in [4.69, 9.17) is 4.43 Å². The highest BCUT2D eigenvalue weighted by atomic mass is 28.4. The average Bonchev–Trinajstić information content (AvgIpc) is 2.59. The van der Waals surface area contributed by atoms with E-state index >= 15 is 0 Å². The van der Waals surface area contributed by atoms with Crippen molar-refractivity contribution in [1.82, 2.24) is 0 Å². The highest BCUT2D eigenvalue weighted by molar-refractivity contribution is 6.70. The summed E-state index contributed by atoms with van der Waals surface area (Å²) in [5, 5.41) is 0. The van der Waals surface area contributed by atoms with Gasteiger partial charge in [-0.3, -0.25) is 4.79 Å². The first-order chi connectivity index (χ1) is 8.38. The number of carbonyl (C=O) groups excluding carboxylic acids is 1. The third kappa shape index (κ3) is 3.05. The van der Waals surface area contributed by atoms with Crippen molar-refractivity contribution in [2.75, 3.05) is 0 Å². The van der Waals surface area contributed by atoms with Gasteiger partial charge in [0.2, 0.25) is 8.32 Å². The van der Waals surface area contributed by atoms with Gasteiger partial charge in [0.05, 0.1) is 5.76 Å². The van der Waals surface area contributed by atoms with E-state index in [1.807, 2.05) is 0 Å². The first-order valence-corrected chi connectivity index (χ1v) is 10.7. The Morgan fingerprint density at radius 3 is 2.39 bits per heavy atom. The zero-order valence-electron chi connectivity index (χ0n) is 12.2. The van der Waals surface area contributed by atoms with E-state index in [0.717, 1.165) is 32.1 Å². The van der Waals surface area contributed by atoms with Crippen LogP contribution in [0.2, 0.25) is 19.6 Å². The Kier molecular flexibility index (Phi) is 4.00. The van der Waals surface area contributed by atoms with Crippen LogP contribution in [0.15, 0.2) is 11.3 Å². The number of hydrogen-bond donors (Lipinski definition) is 0. The van der Waals surface area contributed by atoms with Gasteiger partial charge in [0, 0.05) is 18.8 Å². The van der Waals surface area contributed by atoms with Crippen molar-refractivity contribution in [1.29, 1.82) is 0 Å². The fraction of sp³-hybridized carbons (Fsp3) is 0.800. The minimum absolute atomic E-state index is 0.293. The van der Waals surface area contributed by atoms with E-state index in [2.05, 4.69) is 26.6 Å². The Labute approximate surface area is 112 Å². The molecular weight excluding hydrogens is 240 g/mol. The van der Waals surface area contributed by atoms with Gasteiger partial charge < -0.3 is 4.43 Å². The summed E-state index contributed by atoms with van der Waals surface area (Å²) < 4.78 is 6.17. The van der Waals surface area contributed by atoms with Crippen molar-refractivity contribution in [3.05, 3.63) is 11.3 Å². The van der Waals surface area contributed by atoms with E-state index in [0.29, 0.717) is 17.6 Å². The molecule has 0 aromatic heterocycles. The zero-order chi connectivity index (χ0) is 13.3. The van der Waals surface area contributed by atoms with Gasteiger partial charge in [0.25, 0.3) is 0 Å². The van der Waals surface area contributed by atoms with E-state index < -0.39 is 8.32 Å². The van der Waals surface area contributed by atoms with Crippen LogP contribution in [0.1, 0.15) is 45.4 Å². The normalized spacial score (nSPS) is 29.9. The minimum Gasteiger partial charge on any atom is -0.547 e. The van der Waals surface area contributed by atoms with Crippen LogP contribution in [0.3, 0.4) is 0 Å². The van der Waals surface area contributed by atoms with Gasteiger partial charge in [-0.05, 0) is 57.3 Å². The summed E-state index contributed by atoms with van der Waals surface area (Å²) in [6.45, 7) is 8.88. The number of Topliss-reactive ketones (excluding diaryl/α,β-unsaturated/α-hetero) is 1. The largest absolute Gasteiger partial charge is 0.547 e. The molecule has 0 amide bonds. The molecule has 0 radical (unpaired) electrons. The van der Waals surface area contributed by atoms with Crippen molar-refractivity contribution >= 4 is 14.1 Å². The number of ketones is 1. The van der Waals surface area contributed by atoms with Gasteiger partial charge in [-0.15, -0.1) is 0 Å². The highest BCUT2D eigenvalue weighted by Crippen LogP contribution is 2.42. The van der Waals surface area contributed by atoms with Gasteiger partial charge in [-0.1, -0.05) is 6.42 Å². The van der Waals surface area contributed by atoms with E-state index in [-0.39, 0.29) is 0 Å². The minimum atomic E-state index is -1.50. The van der Waals surface area contributed by atoms with Crippen LogP contribution in [0.5, 0.6) is 0 Å². The third-order valence-electron chi connectivity index (χ3n) is 4.20. The lowest BCUT2D eigenvalue weighted by atomic mass is 9.76. The van der Waals surface area contributed by atoms with E-state index in [9.17, 15) is 4.79 Å². The summed E-state index contributed by atoms with van der Waals surface area (Å²) >= 11 is 0. The standard InChI is InChI=1S/C15H26O2Si/c1-11-12(13-7-5-6-8-14(13)16)9-10-15(11)17-18(2,3)4/h12-13H,5-10H2,1-4H3/t12-,13-/m0/s1. The lowest BCUT2D eigenvalue weighted by molar-refractivity contribution is -0.125. The molecule has 0 spiro atoms. The lowest BCUT2D eigenvalue weighted by Gasteiger charge is -2.27. The summed E-state index contributed by atoms with van der Waals surface area (Å²) in [4.78, 5) is 12.1. The quantitative estimate of drug-likeness (QED) is 0.713. The molecule has 3 heteroatoms. The second kappa shape index (κ2) is 5.20. The lowest BCUT2D eigenvalue weighted by Crippen LogP contribution is -2.27. The maximum atomic E-state index is 12.1. The van der Waals surface area contributed by atoms with Crippen LogP contribution in [-0.2, 0) is 9.22 Å². The van der Waals surface area contributed by atoms with Crippen LogP contribution in [0, 0.1) is 11.8 Å². The molecule has 0 saturated heterocycles. The van der Waals surface area contributed by atoms with Crippen LogP contribution in [0.4, 0.5) is 0 Å². The van der Waals surface area contributed by atoms with Crippen molar-refractivity contribution in [2.24, 2.45) is 11.8 Å². The molecule has 2 nitrogen and oxygen atoms in total. The maximum absolute atomic E-state index is 12.1. The van der Waals surface area contributed by atoms with Gasteiger partial charge in [-0.25, -0.2) is 0 Å². The van der Waals surface area contributed by atoms with Crippen LogP contribution < -0.4 is 0 Å². The van der Waals surface area contributed by atoms with Gasteiger partial charge in [0.15, 0.2) is 0 Å². The number of rotatable bonds is 3. The molecule has 0 N–H and O–H groups in total. The SMILES string of the molecule is CC1=C(O[Si](C)(C)C)CC[C@@H]1[C@@H]1CCCCC1=O. The molecule has 2 aliphatic carbocycles.